The number of carbonyl (C=O) groups excluding carboxylic acids is 1. The molecular weight excluding hydrogens is 320 g/mol. The number of hydrogen-bond acceptors (Lipinski definition) is 4. The molecule has 1 amide bonds. The molecule has 6 nitrogen and oxygen atoms in total. The molecule has 6 heteroatoms. The van der Waals surface area contributed by atoms with Gasteiger partial charge < -0.3 is 24.5 Å². The van der Waals surface area contributed by atoms with Crippen molar-refractivity contribution in [2.24, 2.45) is 0 Å². The minimum atomic E-state index is -0.103. The van der Waals surface area contributed by atoms with Crippen LogP contribution in [-0.4, -0.2) is 50.0 Å². The van der Waals surface area contributed by atoms with Crippen molar-refractivity contribution in [3.05, 3.63) is 30.0 Å². The van der Waals surface area contributed by atoms with E-state index in [1.807, 2.05) is 31.2 Å². The molecule has 1 unspecified atom stereocenters. The lowest BCUT2D eigenvalue weighted by Crippen LogP contribution is -2.26. The maximum Gasteiger partial charge on any atom is 0.267 e. The molecule has 136 valence electrons. The topological polar surface area (TPSA) is 72.6 Å². The fourth-order valence-electron chi connectivity index (χ4n) is 2.95. The second-order valence-electron chi connectivity index (χ2n) is 6.18. The Morgan fingerprint density at radius 2 is 2.32 bits per heavy atom. The minimum absolute atomic E-state index is 0.103. The van der Waals surface area contributed by atoms with Crippen LogP contribution in [0.2, 0.25) is 0 Å². The van der Waals surface area contributed by atoms with E-state index in [1.54, 1.807) is 0 Å². The number of nitrogens with one attached hydrogen (secondary N) is 2. The Morgan fingerprint density at radius 3 is 3.12 bits per heavy atom. The zero-order chi connectivity index (χ0) is 17.5. The highest BCUT2D eigenvalue weighted by molar-refractivity contribution is 5.98. The van der Waals surface area contributed by atoms with Gasteiger partial charge in [0.2, 0.25) is 0 Å². The molecule has 0 radical (unpaired) electrons. The third-order valence-electron chi connectivity index (χ3n) is 4.23. The van der Waals surface area contributed by atoms with Gasteiger partial charge >= 0.3 is 0 Å². The van der Waals surface area contributed by atoms with E-state index in [4.69, 9.17) is 14.2 Å². The summed E-state index contributed by atoms with van der Waals surface area (Å²) in [5, 5.41) is 3.91. The molecule has 0 spiro atoms. The molecule has 1 aliphatic heterocycles. The van der Waals surface area contributed by atoms with Gasteiger partial charge in [0, 0.05) is 36.7 Å². The number of amides is 1. The van der Waals surface area contributed by atoms with Crippen LogP contribution in [0.15, 0.2) is 24.3 Å². The van der Waals surface area contributed by atoms with E-state index in [0.29, 0.717) is 32.1 Å². The molecule has 2 heterocycles. The number of carbonyl (C=O) groups is 1. The summed E-state index contributed by atoms with van der Waals surface area (Å²) in [5.74, 6) is 0.695. The number of aromatic nitrogens is 1. The highest BCUT2D eigenvalue weighted by atomic mass is 16.5. The van der Waals surface area contributed by atoms with Crippen LogP contribution >= 0.6 is 0 Å². The first-order valence-corrected chi connectivity index (χ1v) is 8.99. The van der Waals surface area contributed by atoms with Gasteiger partial charge in [0.15, 0.2) is 0 Å². The van der Waals surface area contributed by atoms with Crippen LogP contribution in [-0.2, 0) is 9.47 Å². The second-order valence-corrected chi connectivity index (χ2v) is 6.18. The first kappa shape index (κ1) is 17.8. The van der Waals surface area contributed by atoms with Crippen LogP contribution in [0.1, 0.15) is 36.7 Å². The van der Waals surface area contributed by atoms with Gasteiger partial charge in [-0.1, -0.05) is 0 Å². The molecule has 2 aromatic rings. The first-order valence-electron chi connectivity index (χ1n) is 8.99. The van der Waals surface area contributed by atoms with Crippen molar-refractivity contribution in [3.8, 4) is 5.75 Å². The predicted octanol–water partition coefficient (Wildman–Crippen LogP) is 2.88. The third kappa shape index (κ3) is 4.96. The van der Waals surface area contributed by atoms with E-state index < -0.39 is 0 Å². The Morgan fingerprint density at radius 1 is 1.40 bits per heavy atom. The van der Waals surface area contributed by atoms with Crippen LogP contribution in [0.25, 0.3) is 10.9 Å². The van der Waals surface area contributed by atoms with E-state index in [9.17, 15) is 4.79 Å². The lowest BCUT2D eigenvalue weighted by atomic mass is 10.2. The van der Waals surface area contributed by atoms with E-state index in [1.165, 1.54) is 0 Å². The summed E-state index contributed by atoms with van der Waals surface area (Å²) in [6.07, 6.45) is 3.25. The molecule has 3 rings (SSSR count). The molecule has 1 saturated heterocycles. The number of fused-ring (bicyclic) bond motifs is 1. The summed E-state index contributed by atoms with van der Waals surface area (Å²) in [7, 11) is 0. The van der Waals surface area contributed by atoms with Crippen molar-refractivity contribution >= 4 is 16.8 Å². The average Bonchev–Trinajstić information content (AvgIpc) is 3.27. The fraction of sp³-hybridized carbons (Fsp3) is 0.526. The number of benzene rings is 1. The molecule has 0 bridgehead atoms. The highest BCUT2D eigenvalue weighted by Gasteiger charge is 2.15. The Bertz CT molecular complexity index is 692. The van der Waals surface area contributed by atoms with E-state index in [2.05, 4.69) is 10.3 Å². The lowest BCUT2D eigenvalue weighted by Gasteiger charge is -2.10. The van der Waals surface area contributed by atoms with E-state index >= 15 is 0 Å². The van der Waals surface area contributed by atoms with Gasteiger partial charge in [-0.05, 0) is 44.4 Å². The number of ether oxygens (including phenoxy) is 3. The molecule has 1 fully saturated rings. The molecule has 25 heavy (non-hydrogen) atoms. The summed E-state index contributed by atoms with van der Waals surface area (Å²) >= 11 is 0. The summed E-state index contributed by atoms with van der Waals surface area (Å²) in [6, 6.07) is 7.63. The molecule has 1 atom stereocenters. The van der Waals surface area contributed by atoms with Crippen LogP contribution in [0.5, 0.6) is 5.75 Å². The largest absolute Gasteiger partial charge is 0.494 e. The zero-order valence-electron chi connectivity index (χ0n) is 14.7. The first-order chi connectivity index (χ1) is 12.3. The van der Waals surface area contributed by atoms with Gasteiger partial charge in [0.05, 0.1) is 19.3 Å². The summed E-state index contributed by atoms with van der Waals surface area (Å²) < 4.78 is 16.6. The van der Waals surface area contributed by atoms with Crippen LogP contribution in [0.4, 0.5) is 0 Å². The zero-order valence-corrected chi connectivity index (χ0v) is 14.7. The minimum Gasteiger partial charge on any atom is -0.494 e. The van der Waals surface area contributed by atoms with Crippen LogP contribution < -0.4 is 10.1 Å². The van der Waals surface area contributed by atoms with E-state index in [-0.39, 0.29) is 12.0 Å². The van der Waals surface area contributed by atoms with Gasteiger partial charge in [-0.3, -0.25) is 4.79 Å². The quantitative estimate of drug-likeness (QED) is 0.685. The van der Waals surface area contributed by atoms with Crippen molar-refractivity contribution in [2.75, 3.05) is 33.0 Å². The van der Waals surface area contributed by atoms with Gasteiger partial charge in [-0.15, -0.1) is 0 Å². The molecular formula is C19H26N2O4. The van der Waals surface area contributed by atoms with Gasteiger partial charge in [0.25, 0.3) is 5.91 Å². The average molecular weight is 346 g/mol. The number of H-pyrrole nitrogens is 1. The summed E-state index contributed by atoms with van der Waals surface area (Å²) in [4.78, 5) is 15.4. The van der Waals surface area contributed by atoms with Gasteiger partial charge in [-0.25, -0.2) is 0 Å². The predicted molar refractivity (Wildman–Crippen MR) is 96.2 cm³/mol. The third-order valence-corrected chi connectivity index (χ3v) is 4.23. The maximum absolute atomic E-state index is 12.2. The monoisotopic (exact) mass is 346 g/mol. The Hall–Kier alpha value is -2.05. The fourth-order valence-corrected chi connectivity index (χ4v) is 2.95. The van der Waals surface area contributed by atoms with Crippen molar-refractivity contribution < 1.29 is 19.0 Å². The number of hydrogen-bond donors (Lipinski definition) is 2. The van der Waals surface area contributed by atoms with Crippen LogP contribution in [0.3, 0.4) is 0 Å². The SMILES string of the molecule is CCOc1ccc2cc(C(=O)NCCCOCC3CCCO3)[nH]c2c1. The van der Waals surface area contributed by atoms with Crippen molar-refractivity contribution in [1.82, 2.24) is 10.3 Å². The Balaban J connectivity index is 1.40. The normalized spacial score (nSPS) is 17.1. The van der Waals surface area contributed by atoms with E-state index in [0.717, 1.165) is 42.5 Å². The van der Waals surface area contributed by atoms with Gasteiger partial charge in [-0.2, -0.15) is 0 Å². The maximum atomic E-state index is 12.2. The van der Waals surface area contributed by atoms with Gasteiger partial charge in [0.1, 0.15) is 11.4 Å². The summed E-state index contributed by atoms with van der Waals surface area (Å²) in [6.45, 7) is 5.28. The molecule has 1 aromatic carbocycles. The van der Waals surface area contributed by atoms with Crippen molar-refractivity contribution in [3.63, 3.8) is 0 Å². The number of aromatic amines is 1. The number of rotatable bonds is 9. The Kier molecular flexibility index (Phi) is 6.30. The molecule has 2 N–H and O–H groups in total. The van der Waals surface area contributed by atoms with Crippen molar-refractivity contribution in [1.29, 1.82) is 0 Å². The lowest BCUT2D eigenvalue weighted by molar-refractivity contribution is 0.0166. The molecule has 0 saturated carbocycles. The molecule has 0 aliphatic carbocycles. The standard InChI is InChI=1S/C19H26N2O4/c1-2-24-15-7-6-14-11-18(21-17(14)12-15)19(22)20-8-4-9-23-13-16-5-3-10-25-16/h6-7,11-12,16,21H,2-5,8-10,13H2,1H3,(H,20,22). The highest BCUT2D eigenvalue weighted by Crippen LogP contribution is 2.21. The van der Waals surface area contributed by atoms with Crippen LogP contribution in [0, 0.1) is 0 Å². The Labute approximate surface area is 147 Å². The molecule has 1 aliphatic rings. The second kappa shape index (κ2) is 8.87. The molecule has 1 aromatic heterocycles. The summed E-state index contributed by atoms with van der Waals surface area (Å²) in [5.41, 5.74) is 1.46. The smallest absolute Gasteiger partial charge is 0.267 e. The van der Waals surface area contributed by atoms with Crippen molar-refractivity contribution in [2.45, 2.75) is 32.3 Å².